The highest BCUT2D eigenvalue weighted by Gasteiger charge is 2.12. The van der Waals surface area contributed by atoms with Crippen LogP contribution < -0.4 is 0 Å². The van der Waals surface area contributed by atoms with E-state index in [9.17, 15) is 0 Å². The van der Waals surface area contributed by atoms with Crippen molar-refractivity contribution in [2.75, 3.05) is 6.61 Å². The van der Waals surface area contributed by atoms with Crippen LogP contribution in [0.15, 0.2) is 0 Å². The fraction of sp³-hybridized carbons (Fsp3) is 0.875. The zero-order chi connectivity index (χ0) is 11.3. The lowest BCUT2D eigenvalue weighted by atomic mass is 10.8. The van der Waals surface area contributed by atoms with E-state index in [1.807, 2.05) is 0 Å². The van der Waals surface area contributed by atoms with Crippen LogP contribution in [0.1, 0.15) is 5.82 Å². The molecule has 86 valence electrons. The molecular weight excluding hydrogens is 276 g/mol. The summed E-state index contributed by atoms with van der Waals surface area (Å²) < 4.78 is 5.47. The zero-order valence-corrected chi connectivity index (χ0v) is 12.0. The fourth-order valence-corrected chi connectivity index (χ4v) is 1.89. The molecule has 0 saturated carbocycles. The van der Waals surface area contributed by atoms with Crippen molar-refractivity contribution in [1.82, 2.24) is 20.2 Å². The molecule has 1 aromatic heterocycles. The Morgan fingerprint density at radius 3 is 2.67 bits per heavy atom. The number of alkyl halides is 1. The predicted molar refractivity (Wildman–Crippen MR) is 64.6 cm³/mol. The van der Waals surface area contributed by atoms with Gasteiger partial charge in [0.15, 0.2) is 12.6 Å². The Labute approximate surface area is 99.3 Å². The Morgan fingerprint density at radius 1 is 1.40 bits per heavy atom. The van der Waals surface area contributed by atoms with Crippen molar-refractivity contribution in [3.05, 3.63) is 5.82 Å². The molecule has 0 aliphatic heterocycles. The van der Waals surface area contributed by atoms with E-state index in [0.29, 0.717) is 17.9 Å². The molecule has 1 rings (SSSR count). The first kappa shape index (κ1) is 12.8. The average Bonchev–Trinajstić information content (AvgIpc) is 2.59. The topological polar surface area (TPSA) is 52.8 Å². The Balaban J connectivity index is 2.20. The molecule has 5 nitrogen and oxygen atoms in total. The molecule has 0 saturated heterocycles. The Bertz CT molecular complexity index is 299. The number of nitrogens with zero attached hydrogens (tertiary/aromatic N) is 4. The molecule has 0 amide bonds. The lowest BCUT2D eigenvalue weighted by Crippen LogP contribution is -2.22. The molecular formula is C8H17BrN4OSi. The summed E-state index contributed by atoms with van der Waals surface area (Å²) in [4.78, 5) is 1.47. The maximum Gasteiger partial charge on any atom is 0.185 e. The predicted octanol–water partition coefficient (Wildman–Crippen LogP) is 1.88. The van der Waals surface area contributed by atoms with Gasteiger partial charge in [0.1, 0.15) is 0 Å². The second kappa shape index (κ2) is 5.71. The molecule has 0 bridgehead atoms. The van der Waals surface area contributed by atoms with Crippen LogP contribution in [0.5, 0.6) is 0 Å². The van der Waals surface area contributed by atoms with Gasteiger partial charge in [-0.2, -0.15) is 0 Å². The van der Waals surface area contributed by atoms with Crippen LogP contribution in [0.4, 0.5) is 0 Å². The second-order valence-corrected chi connectivity index (χ2v) is 10.7. The van der Waals surface area contributed by atoms with Gasteiger partial charge in [0, 0.05) is 14.7 Å². The zero-order valence-electron chi connectivity index (χ0n) is 9.40. The number of tetrazole rings is 1. The van der Waals surface area contributed by atoms with Crippen molar-refractivity contribution in [1.29, 1.82) is 0 Å². The minimum Gasteiger partial charge on any atom is -0.358 e. The quantitative estimate of drug-likeness (QED) is 0.456. The first-order valence-electron chi connectivity index (χ1n) is 4.92. The van der Waals surface area contributed by atoms with Crippen LogP contribution in [0.3, 0.4) is 0 Å². The van der Waals surface area contributed by atoms with Crippen molar-refractivity contribution < 1.29 is 4.74 Å². The number of ether oxygens (including phenoxy) is 1. The molecule has 0 radical (unpaired) electrons. The minimum absolute atomic E-state index is 0.393. The number of rotatable bonds is 6. The first-order chi connectivity index (χ1) is 7.01. The van der Waals surface area contributed by atoms with Gasteiger partial charge in [-0.3, -0.25) is 0 Å². The fourth-order valence-electron chi connectivity index (χ4n) is 0.909. The molecule has 1 aromatic rings. The summed E-state index contributed by atoms with van der Waals surface area (Å²) in [6.45, 7) is 8.15. The van der Waals surface area contributed by atoms with Gasteiger partial charge in [0.2, 0.25) is 0 Å². The van der Waals surface area contributed by atoms with Gasteiger partial charge in [-0.15, -0.1) is 15.0 Å². The van der Waals surface area contributed by atoms with E-state index in [4.69, 9.17) is 4.74 Å². The van der Waals surface area contributed by atoms with Gasteiger partial charge in [0.05, 0.1) is 5.33 Å². The minimum atomic E-state index is -0.995. The molecule has 1 heterocycles. The van der Waals surface area contributed by atoms with E-state index in [2.05, 4.69) is 51.0 Å². The third-order valence-electron chi connectivity index (χ3n) is 1.82. The molecule has 0 unspecified atom stereocenters. The molecule has 0 N–H and O–H groups in total. The van der Waals surface area contributed by atoms with Gasteiger partial charge in [-0.05, 0) is 11.3 Å². The van der Waals surface area contributed by atoms with E-state index in [1.54, 1.807) is 0 Å². The second-order valence-electron chi connectivity index (χ2n) is 4.56. The van der Waals surface area contributed by atoms with Gasteiger partial charge in [0.25, 0.3) is 0 Å². The number of hydrogen-bond donors (Lipinski definition) is 0. The third kappa shape index (κ3) is 5.38. The van der Waals surface area contributed by atoms with Crippen molar-refractivity contribution in [3.8, 4) is 0 Å². The van der Waals surface area contributed by atoms with Crippen LogP contribution in [0.2, 0.25) is 25.7 Å². The Morgan fingerprint density at radius 2 is 2.13 bits per heavy atom. The standard InChI is InChI=1S/C8H17BrN4OSi/c1-15(2,3)5-4-14-7-13-11-8(6-9)10-12-13/h4-7H2,1-3H3. The highest BCUT2D eigenvalue weighted by atomic mass is 79.9. The van der Waals surface area contributed by atoms with E-state index < -0.39 is 8.07 Å². The number of hydrogen-bond acceptors (Lipinski definition) is 4. The first-order valence-corrected chi connectivity index (χ1v) is 9.74. The summed E-state index contributed by atoms with van der Waals surface area (Å²) in [7, 11) is -0.995. The molecule has 0 aliphatic rings. The van der Waals surface area contributed by atoms with Crippen LogP contribution in [-0.2, 0) is 16.8 Å². The van der Waals surface area contributed by atoms with Gasteiger partial charge >= 0.3 is 0 Å². The SMILES string of the molecule is C[Si](C)(C)CCOCn1nnc(CBr)n1. The van der Waals surface area contributed by atoms with Crippen molar-refractivity contribution in [2.24, 2.45) is 0 Å². The third-order valence-corrected chi connectivity index (χ3v) is 4.02. The van der Waals surface area contributed by atoms with Crippen LogP contribution in [0.25, 0.3) is 0 Å². The molecule has 15 heavy (non-hydrogen) atoms. The summed E-state index contributed by atoms with van der Waals surface area (Å²) >= 11 is 3.27. The van der Waals surface area contributed by atoms with Crippen molar-refractivity contribution in [2.45, 2.75) is 37.7 Å². The van der Waals surface area contributed by atoms with Crippen LogP contribution in [0, 0.1) is 0 Å². The highest BCUT2D eigenvalue weighted by molar-refractivity contribution is 9.08. The van der Waals surface area contributed by atoms with Gasteiger partial charge in [-0.1, -0.05) is 35.6 Å². The molecule has 0 spiro atoms. The Kier molecular flexibility index (Phi) is 4.87. The molecule has 0 aliphatic carbocycles. The maximum absolute atomic E-state index is 5.47. The Hall–Kier alpha value is -0.273. The summed E-state index contributed by atoms with van der Waals surface area (Å²) in [6.07, 6.45) is 0. The average molecular weight is 293 g/mol. The molecule has 0 fully saturated rings. The normalized spacial score (nSPS) is 12.0. The van der Waals surface area contributed by atoms with E-state index >= 15 is 0 Å². The summed E-state index contributed by atoms with van der Waals surface area (Å²) in [6, 6.07) is 1.16. The summed E-state index contributed by atoms with van der Waals surface area (Å²) in [5, 5.41) is 12.4. The summed E-state index contributed by atoms with van der Waals surface area (Å²) in [5.74, 6) is 0.684. The smallest absolute Gasteiger partial charge is 0.185 e. The number of halogens is 1. The van der Waals surface area contributed by atoms with E-state index in [1.165, 1.54) is 4.80 Å². The lowest BCUT2D eigenvalue weighted by Gasteiger charge is -2.14. The van der Waals surface area contributed by atoms with Crippen LogP contribution >= 0.6 is 15.9 Å². The lowest BCUT2D eigenvalue weighted by molar-refractivity contribution is 0.0672. The monoisotopic (exact) mass is 292 g/mol. The van der Waals surface area contributed by atoms with Gasteiger partial charge in [-0.25, -0.2) is 0 Å². The number of aromatic nitrogens is 4. The largest absolute Gasteiger partial charge is 0.358 e. The van der Waals surface area contributed by atoms with Crippen LogP contribution in [-0.4, -0.2) is 34.9 Å². The van der Waals surface area contributed by atoms with Gasteiger partial charge < -0.3 is 4.74 Å². The summed E-state index contributed by atoms with van der Waals surface area (Å²) in [5.41, 5.74) is 0. The van der Waals surface area contributed by atoms with Crippen molar-refractivity contribution in [3.63, 3.8) is 0 Å². The maximum atomic E-state index is 5.47. The van der Waals surface area contributed by atoms with E-state index in [0.717, 1.165) is 12.7 Å². The van der Waals surface area contributed by atoms with Crippen molar-refractivity contribution >= 4 is 24.0 Å². The van der Waals surface area contributed by atoms with E-state index in [-0.39, 0.29) is 0 Å². The molecule has 7 heteroatoms. The molecule has 0 atom stereocenters. The molecule has 0 aromatic carbocycles. The highest BCUT2D eigenvalue weighted by Crippen LogP contribution is 2.07.